The Balaban J connectivity index is 1.43. The number of hydrogen-bond donors (Lipinski definition) is 1. The number of hydrogen-bond acceptors (Lipinski definition) is 3. The van der Waals surface area contributed by atoms with Crippen LogP contribution in [0, 0.1) is 11.6 Å². The summed E-state index contributed by atoms with van der Waals surface area (Å²) >= 11 is 1.30. The molecule has 32 heavy (non-hydrogen) atoms. The molecule has 0 fully saturated rings. The van der Waals surface area contributed by atoms with Gasteiger partial charge in [-0.15, -0.1) is 11.8 Å². The molecule has 4 rings (SSSR count). The molecule has 0 radical (unpaired) electrons. The molecule has 1 atom stereocenters. The van der Waals surface area contributed by atoms with Gasteiger partial charge in [0.1, 0.15) is 11.6 Å². The molecule has 3 aromatic rings. The summed E-state index contributed by atoms with van der Waals surface area (Å²) in [6.07, 6.45) is 0.837. The predicted octanol–water partition coefficient (Wildman–Crippen LogP) is 5.14. The van der Waals surface area contributed by atoms with Gasteiger partial charge in [-0.05, 0) is 43.2 Å². The van der Waals surface area contributed by atoms with Crippen LogP contribution in [0.2, 0.25) is 0 Å². The third-order valence-corrected chi connectivity index (χ3v) is 6.51. The number of carbonyl (C=O) groups excluding carboxylic acids is 2. The van der Waals surface area contributed by atoms with Crippen LogP contribution in [0.5, 0.6) is 0 Å². The van der Waals surface area contributed by atoms with Gasteiger partial charge >= 0.3 is 0 Å². The molecule has 0 aromatic heterocycles. The predicted molar refractivity (Wildman–Crippen MR) is 122 cm³/mol. The number of amides is 2. The summed E-state index contributed by atoms with van der Waals surface area (Å²) in [5.74, 6) is -1.59. The maximum absolute atomic E-state index is 14.1. The van der Waals surface area contributed by atoms with Gasteiger partial charge in [0.15, 0.2) is 0 Å². The largest absolute Gasteiger partial charge is 0.345 e. The van der Waals surface area contributed by atoms with Gasteiger partial charge < -0.3 is 10.2 Å². The second-order valence-corrected chi connectivity index (χ2v) is 8.59. The molecule has 2 amide bonds. The highest BCUT2D eigenvalue weighted by atomic mass is 32.2. The van der Waals surface area contributed by atoms with E-state index >= 15 is 0 Å². The van der Waals surface area contributed by atoms with E-state index in [0.717, 1.165) is 29.8 Å². The number of rotatable bonds is 6. The van der Waals surface area contributed by atoms with Crippen LogP contribution >= 0.6 is 11.8 Å². The van der Waals surface area contributed by atoms with E-state index < -0.39 is 17.7 Å². The standard InChI is InChI=1S/C25H22F2N2O2S/c1-16(19-11-10-18(26)14-21(19)27)28-25(31)20-7-3-5-9-23(20)32-15-24(30)29-13-12-17-6-2-4-8-22(17)29/h2-11,14,16H,12-13,15H2,1H3,(H,28,31). The van der Waals surface area contributed by atoms with Crippen LogP contribution in [0.15, 0.2) is 71.6 Å². The fourth-order valence-electron chi connectivity index (χ4n) is 3.80. The summed E-state index contributed by atoms with van der Waals surface area (Å²) < 4.78 is 27.2. The summed E-state index contributed by atoms with van der Waals surface area (Å²) in [4.78, 5) is 28.1. The first-order valence-corrected chi connectivity index (χ1v) is 11.3. The Hall–Kier alpha value is -3.19. The number of halogens is 2. The molecule has 0 saturated heterocycles. The van der Waals surface area contributed by atoms with Gasteiger partial charge in [0, 0.05) is 28.8 Å². The molecular weight excluding hydrogens is 430 g/mol. The average Bonchev–Trinajstić information content (AvgIpc) is 3.22. The lowest BCUT2D eigenvalue weighted by atomic mass is 10.1. The summed E-state index contributed by atoms with van der Waals surface area (Å²) in [6, 6.07) is 17.5. The highest BCUT2D eigenvalue weighted by molar-refractivity contribution is 8.00. The summed E-state index contributed by atoms with van der Waals surface area (Å²) in [7, 11) is 0. The number of anilines is 1. The van der Waals surface area contributed by atoms with Gasteiger partial charge in [0.25, 0.3) is 5.91 Å². The van der Waals surface area contributed by atoms with E-state index in [0.29, 0.717) is 17.0 Å². The van der Waals surface area contributed by atoms with E-state index in [1.165, 1.54) is 17.8 Å². The topological polar surface area (TPSA) is 49.4 Å². The minimum Gasteiger partial charge on any atom is -0.345 e. The van der Waals surface area contributed by atoms with Crippen molar-refractivity contribution in [3.05, 3.63) is 95.1 Å². The van der Waals surface area contributed by atoms with E-state index in [-0.39, 0.29) is 23.1 Å². The van der Waals surface area contributed by atoms with E-state index in [1.807, 2.05) is 24.3 Å². The molecule has 0 bridgehead atoms. The molecule has 1 aliphatic heterocycles. The van der Waals surface area contributed by atoms with Crippen molar-refractivity contribution in [2.24, 2.45) is 0 Å². The van der Waals surface area contributed by atoms with Crippen molar-refractivity contribution < 1.29 is 18.4 Å². The fourth-order valence-corrected chi connectivity index (χ4v) is 4.73. The van der Waals surface area contributed by atoms with Gasteiger partial charge in [-0.3, -0.25) is 9.59 Å². The molecule has 0 aliphatic carbocycles. The molecule has 3 aromatic carbocycles. The quantitative estimate of drug-likeness (QED) is 0.527. The van der Waals surface area contributed by atoms with Crippen LogP contribution in [0.25, 0.3) is 0 Å². The molecule has 164 valence electrons. The van der Waals surface area contributed by atoms with E-state index in [1.54, 1.807) is 36.1 Å². The summed E-state index contributed by atoms with van der Waals surface area (Å²) in [5, 5.41) is 2.76. The first kappa shape index (κ1) is 22.0. The second-order valence-electron chi connectivity index (χ2n) is 7.57. The van der Waals surface area contributed by atoms with Crippen LogP contribution < -0.4 is 10.2 Å². The van der Waals surface area contributed by atoms with Crippen LogP contribution in [0.1, 0.15) is 34.5 Å². The first-order valence-electron chi connectivity index (χ1n) is 10.3. The maximum Gasteiger partial charge on any atom is 0.252 e. The number of carbonyl (C=O) groups is 2. The summed E-state index contributed by atoms with van der Waals surface area (Å²) in [5.41, 5.74) is 2.71. The highest BCUT2D eigenvalue weighted by Gasteiger charge is 2.24. The SMILES string of the molecule is CC(NC(=O)c1ccccc1SCC(=O)N1CCc2ccccc21)c1ccc(F)cc1F. The molecule has 1 heterocycles. The van der Waals surface area contributed by atoms with Crippen molar-refractivity contribution in [1.29, 1.82) is 0 Å². The van der Waals surface area contributed by atoms with E-state index in [9.17, 15) is 18.4 Å². The molecule has 0 saturated carbocycles. The van der Waals surface area contributed by atoms with Gasteiger partial charge in [0.05, 0.1) is 17.4 Å². The normalized spacial score (nSPS) is 13.5. The number of thioether (sulfide) groups is 1. The Labute approximate surface area is 189 Å². The minimum atomic E-state index is -0.711. The van der Waals surface area contributed by atoms with E-state index in [4.69, 9.17) is 0 Å². The zero-order chi connectivity index (χ0) is 22.7. The van der Waals surface area contributed by atoms with Gasteiger partial charge in [0.2, 0.25) is 5.91 Å². The monoisotopic (exact) mass is 452 g/mol. The van der Waals surface area contributed by atoms with Crippen LogP contribution in [-0.2, 0) is 11.2 Å². The number of benzene rings is 3. The van der Waals surface area contributed by atoms with Crippen molar-refractivity contribution in [3.8, 4) is 0 Å². The lowest BCUT2D eigenvalue weighted by molar-refractivity contribution is -0.116. The molecule has 7 heteroatoms. The van der Waals surface area contributed by atoms with Gasteiger partial charge in [-0.25, -0.2) is 8.78 Å². The molecule has 1 aliphatic rings. The van der Waals surface area contributed by atoms with Crippen LogP contribution in [-0.4, -0.2) is 24.1 Å². The molecule has 1 unspecified atom stereocenters. The Morgan fingerprint density at radius 2 is 1.81 bits per heavy atom. The minimum absolute atomic E-state index is 0.0167. The lowest BCUT2D eigenvalue weighted by Gasteiger charge is -2.18. The van der Waals surface area contributed by atoms with Crippen molar-refractivity contribution in [1.82, 2.24) is 5.32 Å². The summed E-state index contributed by atoms with van der Waals surface area (Å²) in [6.45, 7) is 2.29. The smallest absolute Gasteiger partial charge is 0.252 e. The van der Waals surface area contributed by atoms with Crippen LogP contribution in [0.3, 0.4) is 0 Å². The number of para-hydroxylation sites is 1. The zero-order valence-electron chi connectivity index (χ0n) is 17.5. The maximum atomic E-state index is 14.1. The lowest BCUT2D eigenvalue weighted by Crippen LogP contribution is -2.30. The van der Waals surface area contributed by atoms with Crippen molar-refractivity contribution in [2.75, 3.05) is 17.2 Å². The number of nitrogens with zero attached hydrogens (tertiary/aromatic N) is 1. The second kappa shape index (κ2) is 9.53. The van der Waals surface area contributed by atoms with Gasteiger partial charge in [-0.2, -0.15) is 0 Å². The molecular formula is C25H22F2N2O2S. The highest BCUT2D eigenvalue weighted by Crippen LogP contribution is 2.30. The van der Waals surface area contributed by atoms with Crippen molar-refractivity contribution >= 4 is 29.3 Å². The third-order valence-electron chi connectivity index (χ3n) is 5.45. The Morgan fingerprint density at radius 1 is 1.06 bits per heavy atom. The number of fused-ring (bicyclic) bond motifs is 1. The van der Waals surface area contributed by atoms with Gasteiger partial charge in [-0.1, -0.05) is 36.4 Å². The molecule has 4 nitrogen and oxygen atoms in total. The number of nitrogens with one attached hydrogen (secondary N) is 1. The van der Waals surface area contributed by atoms with Crippen molar-refractivity contribution in [2.45, 2.75) is 24.3 Å². The fraction of sp³-hybridized carbons (Fsp3) is 0.200. The van der Waals surface area contributed by atoms with Crippen molar-refractivity contribution in [3.63, 3.8) is 0 Å². The average molecular weight is 453 g/mol. The Morgan fingerprint density at radius 3 is 2.62 bits per heavy atom. The molecule has 1 N–H and O–H groups in total. The Bertz CT molecular complexity index is 1170. The molecule has 0 spiro atoms. The first-order chi connectivity index (χ1) is 15.4. The zero-order valence-corrected chi connectivity index (χ0v) is 18.3. The van der Waals surface area contributed by atoms with E-state index in [2.05, 4.69) is 5.32 Å². The van der Waals surface area contributed by atoms with Crippen LogP contribution in [0.4, 0.5) is 14.5 Å². The third kappa shape index (κ3) is 4.67. The Kier molecular flexibility index (Phi) is 6.55.